The van der Waals surface area contributed by atoms with Crippen molar-refractivity contribution in [1.29, 1.82) is 0 Å². The van der Waals surface area contributed by atoms with Crippen LogP contribution in [0.2, 0.25) is 0 Å². The van der Waals surface area contributed by atoms with Gasteiger partial charge >= 0.3 is 18.5 Å². The molecule has 0 bridgehead atoms. The monoisotopic (exact) mass is 553 g/mol. The Bertz CT molecular complexity index is 1150. The predicted molar refractivity (Wildman–Crippen MR) is 119 cm³/mol. The van der Waals surface area contributed by atoms with E-state index >= 15 is 0 Å². The number of hydrogen-bond acceptors (Lipinski definition) is 3. The lowest BCUT2D eigenvalue weighted by atomic mass is 9.76. The lowest BCUT2D eigenvalue weighted by Gasteiger charge is -2.38. The van der Waals surface area contributed by atoms with Gasteiger partial charge in [0.05, 0.1) is 11.1 Å². The Morgan fingerprint density at radius 1 is 0.947 bits per heavy atom. The van der Waals surface area contributed by atoms with Gasteiger partial charge in [-0.15, -0.1) is 0 Å². The van der Waals surface area contributed by atoms with Crippen LogP contribution < -0.4 is 4.90 Å². The first-order chi connectivity index (χ1) is 17.4. The molecule has 1 N–H and O–H groups in total. The van der Waals surface area contributed by atoms with E-state index in [0.717, 1.165) is 23.3 Å². The fourth-order valence-electron chi connectivity index (χ4n) is 5.03. The van der Waals surface area contributed by atoms with Crippen molar-refractivity contribution in [3.8, 4) is 0 Å². The molecule has 1 heterocycles. The molecule has 1 aliphatic carbocycles. The molecule has 0 aromatic heterocycles. The zero-order chi connectivity index (χ0) is 28.3. The molecule has 4 rings (SSSR count). The Morgan fingerprint density at radius 3 is 1.92 bits per heavy atom. The van der Waals surface area contributed by atoms with Crippen LogP contribution in [-0.4, -0.2) is 29.8 Å². The second-order valence-electron chi connectivity index (χ2n) is 10.0. The van der Waals surface area contributed by atoms with Crippen molar-refractivity contribution in [1.82, 2.24) is 0 Å². The summed E-state index contributed by atoms with van der Waals surface area (Å²) in [5.41, 5.74) is -7.67. The number of halogens is 9. The van der Waals surface area contributed by atoms with Gasteiger partial charge in [-0.25, -0.2) is 0 Å². The molecule has 2 aliphatic rings. The van der Waals surface area contributed by atoms with Crippen LogP contribution in [0.3, 0.4) is 0 Å². The smallest absolute Gasteiger partial charge is 0.372 e. The molecule has 2 unspecified atom stereocenters. The maximum atomic E-state index is 14.5. The number of nitrogens with zero attached hydrogens (tertiary/aromatic N) is 1. The molecule has 1 aliphatic heterocycles. The summed E-state index contributed by atoms with van der Waals surface area (Å²) >= 11 is 0. The molecule has 0 spiro atoms. The van der Waals surface area contributed by atoms with Crippen molar-refractivity contribution in [3.63, 3.8) is 0 Å². The summed E-state index contributed by atoms with van der Waals surface area (Å²) in [6, 6.07) is 5.78. The van der Waals surface area contributed by atoms with Crippen LogP contribution in [0.1, 0.15) is 60.8 Å². The molecule has 1 saturated carbocycles. The maximum absolute atomic E-state index is 14.5. The summed E-state index contributed by atoms with van der Waals surface area (Å²) in [6.07, 6.45) is -17.5. The Kier molecular flexibility index (Phi) is 7.03. The van der Waals surface area contributed by atoms with Gasteiger partial charge in [0.2, 0.25) is 0 Å². The summed E-state index contributed by atoms with van der Waals surface area (Å²) in [6.45, 7) is 1.34. The first kappa shape index (κ1) is 28.3. The van der Waals surface area contributed by atoms with Crippen LogP contribution >= 0.6 is 0 Å². The van der Waals surface area contributed by atoms with E-state index in [1.165, 1.54) is 12.1 Å². The summed E-state index contributed by atoms with van der Waals surface area (Å²) in [7, 11) is 0. The van der Waals surface area contributed by atoms with Gasteiger partial charge in [-0.3, -0.25) is 4.79 Å². The molecule has 0 amide bonds. The van der Waals surface area contributed by atoms with Crippen molar-refractivity contribution >= 4 is 11.5 Å². The molecule has 12 heteroatoms. The number of aliphatic hydroxyl groups excluding tert-OH is 1. The van der Waals surface area contributed by atoms with E-state index in [2.05, 4.69) is 0 Å². The van der Waals surface area contributed by atoms with E-state index < -0.39 is 59.8 Å². The number of benzene rings is 2. The second-order valence-corrected chi connectivity index (χ2v) is 10.0. The number of rotatable bonds is 6. The lowest BCUT2D eigenvalue weighted by Crippen LogP contribution is -2.52. The van der Waals surface area contributed by atoms with Gasteiger partial charge in [-0.2, -0.15) is 39.5 Å². The number of carbonyl (C=O) groups excluding carboxylic acids is 1. The number of aliphatic hydroxyl groups is 1. The van der Waals surface area contributed by atoms with E-state index in [4.69, 9.17) is 0 Å². The fraction of sp³-hybridized carbons (Fsp3) is 0.500. The number of hydrogen-bond donors (Lipinski definition) is 1. The highest BCUT2D eigenvalue weighted by Gasteiger charge is 2.65. The average Bonchev–Trinajstić information content (AvgIpc) is 3.60. The van der Waals surface area contributed by atoms with Crippen LogP contribution in [0, 0.1) is 5.92 Å². The number of Topliss-reactive ketones (excluding diaryl/α,β-unsaturated/α-hetero) is 1. The normalized spacial score (nSPS) is 23.6. The third-order valence-corrected chi connectivity index (χ3v) is 7.43. The summed E-state index contributed by atoms with van der Waals surface area (Å²) in [4.78, 5) is 13.0. The van der Waals surface area contributed by atoms with E-state index in [9.17, 15) is 49.4 Å². The topological polar surface area (TPSA) is 40.5 Å². The van der Waals surface area contributed by atoms with Gasteiger partial charge < -0.3 is 10.0 Å². The molecule has 1 saturated heterocycles. The zero-order valence-electron chi connectivity index (χ0n) is 20.0. The van der Waals surface area contributed by atoms with Crippen LogP contribution in [0.15, 0.2) is 42.5 Å². The summed E-state index contributed by atoms with van der Waals surface area (Å²) < 4.78 is 124. The molecular weight excluding hydrogens is 529 g/mol. The first-order valence-electron chi connectivity index (χ1n) is 11.9. The predicted octanol–water partition coefficient (Wildman–Crippen LogP) is 7.23. The van der Waals surface area contributed by atoms with E-state index in [1.54, 1.807) is 12.1 Å². The van der Waals surface area contributed by atoms with Crippen LogP contribution in [0.5, 0.6) is 0 Å². The standard InChI is InChI=1S/C26H24F9NO2/c1-14(10-21(37)16-2-3-16)15-4-6-20(7-5-15)36-9-8-23(22(36)38,26(33,34)35)17-11-18(24(27,28)29)13-19(12-17)25(30,31)32/h4-7,11-14,16,22,38H,2-3,8-10H2,1H3/t14-,22?,23?/m1/s1. The third-order valence-electron chi connectivity index (χ3n) is 7.43. The minimum absolute atomic E-state index is 0.0249. The Morgan fingerprint density at radius 2 is 1.47 bits per heavy atom. The minimum atomic E-state index is -5.38. The summed E-state index contributed by atoms with van der Waals surface area (Å²) in [5.74, 6) is 0.0345. The van der Waals surface area contributed by atoms with Gasteiger partial charge in [0.25, 0.3) is 0 Å². The number of alkyl halides is 9. The largest absolute Gasteiger partial charge is 0.416 e. The molecule has 208 valence electrons. The molecule has 3 nitrogen and oxygen atoms in total. The minimum Gasteiger partial charge on any atom is -0.372 e. The molecule has 0 radical (unpaired) electrons. The van der Waals surface area contributed by atoms with Crippen LogP contribution in [0.25, 0.3) is 0 Å². The Labute approximate surface area is 212 Å². The zero-order valence-corrected chi connectivity index (χ0v) is 20.0. The first-order valence-corrected chi connectivity index (χ1v) is 11.9. The van der Waals surface area contributed by atoms with Gasteiger partial charge in [-0.05, 0) is 66.6 Å². The van der Waals surface area contributed by atoms with Gasteiger partial charge in [0.15, 0.2) is 0 Å². The highest BCUT2D eigenvalue weighted by Crippen LogP contribution is 2.53. The third kappa shape index (κ3) is 5.23. The average molecular weight is 553 g/mol. The SMILES string of the molecule is C[C@H](CC(=O)C1CC1)c1ccc(N2CCC(c3cc(C(F)(F)F)cc(C(F)(F)F)c3)(C(F)(F)F)C2O)cc1. The highest BCUT2D eigenvalue weighted by molar-refractivity contribution is 5.83. The van der Waals surface area contributed by atoms with Gasteiger partial charge in [-0.1, -0.05) is 19.1 Å². The van der Waals surface area contributed by atoms with E-state index in [1.807, 2.05) is 6.92 Å². The lowest BCUT2D eigenvalue weighted by molar-refractivity contribution is -0.211. The molecule has 38 heavy (non-hydrogen) atoms. The van der Waals surface area contributed by atoms with E-state index in [0.29, 0.717) is 6.42 Å². The highest BCUT2D eigenvalue weighted by atomic mass is 19.4. The number of anilines is 1. The van der Waals surface area contributed by atoms with Crippen molar-refractivity contribution in [2.45, 2.75) is 68.7 Å². The Hall–Kier alpha value is -2.76. The van der Waals surface area contributed by atoms with Crippen LogP contribution in [-0.2, 0) is 22.6 Å². The van der Waals surface area contributed by atoms with Crippen molar-refractivity contribution in [2.75, 3.05) is 11.4 Å². The van der Waals surface area contributed by atoms with Crippen molar-refractivity contribution < 1.29 is 49.4 Å². The molecular formula is C26H24F9NO2. The fourth-order valence-corrected chi connectivity index (χ4v) is 5.03. The van der Waals surface area contributed by atoms with Crippen LogP contribution in [0.4, 0.5) is 45.2 Å². The van der Waals surface area contributed by atoms with E-state index in [-0.39, 0.29) is 41.5 Å². The number of carbonyl (C=O) groups is 1. The molecule has 2 aromatic carbocycles. The molecule has 3 atom stereocenters. The number of ketones is 1. The second kappa shape index (κ2) is 9.46. The summed E-state index contributed by atoms with van der Waals surface area (Å²) in [5, 5.41) is 10.9. The van der Waals surface area contributed by atoms with Crippen molar-refractivity contribution in [2.24, 2.45) is 5.92 Å². The Balaban J connectivity index is 1.69. The van der Waals surface area contributed by atoms with Gasteiger partial charge in [0, 0.05) is 24.6 Å². The van der Waals surface area contributed by atoms with Gasteiger partial charge in [0.1, 0.15) is 17.4 Å². The molecule has 2 aromatic rings. The maximum Gasteiger partial charge on any atom is 0.416 e. The van der Waals surface area contributed by atoms with Crippen molar-refractivity contribution in [3.05, 3.63) is 64.7 Å². The quantitative estimate of drug-likeness (QED) is 0.384. The molecule has 2 fully saturated rings.